The lowest BCUT2D eigenvalue weighted by atomic mass is 10.2. The van der Waals surface area contributed by atoms with Crippen molar-refractivity contribution in [1.82, 2.24) is 9.80 Å². The maximum atomic E-state index is 13.9. The molecule has 1 saturated heterocycles. The molecule has 1 aliphatic heterocycles. The van der Waals surface area contributed by atoms with Crippen LogP contribution in [0.15, 0.2) is 18.2 Å². The van der Waals surface area contributed by atoms with E-state index in [0.29, 0.717) is 49.3 Å². The summed E-state index contributed by atoms with van der Waals surface area (Å²) in [6.07, 6.45) is 0.576. The molecule has 1 amide bonds. The lowest BCUT2D eigenvalue weighted by Gasteiger charge is -2.22. The molecule has 1 fully saturated rings. The molecule has 1 aromatic rings. The molecular formula is C17H24ClFN2O2. The Kier molecular flexibility index (Phi) is 6.66. The Morgan fingerprint density at radius 1 is 1.30 bits per heavy atom. The van der Waals surface area contributed by atoms with Gasteiger partial charge in [-0.1, -0.05) is 31.5 Å². The van der Waals surface area contributed by atoms with Crippen LogP contribution in [0.3, 0.4) is 0 Å². The van der Waals surface area contributed by atoms with Crippen LogP contribution >= 0.6 is 11.6 Å². The van der Waals surface area contributed by atoms with E-state index in [2.05, 4.69) is 4.90 Å². The lowest BCUT2D eigenvalue weighted by molar-refractivity contribution is 0.0930. The first-order valence-corrected chi connectivity index (χ1v) is 8.42. The summed E-state index contributed by atoms with van der Waals surface area (Å²) in [7, 11) is 0. The molecule has 1 aromatic carbocycles. The number of hydrogen-bond donors (Lipinski definition) is 0. The second kappa shape index (κ2) is 8.50. The van der Waals surface area contributed by atoms with Gasteiger partial charge in [-0.25, -0.2) is 9.18 Å². The van der Waals surface area contributed by atoms with Crippen LogP contribution in [0.4, 0.5) is 9.18 Å². The van der Waals surface area contributed by atoms with Gasteiger partial charge >= 0.3 is 6.09 Å². The van der Waals surface area contributed by atoms with Gasteiger partial charge in [0.2, 0.25) is 0 Å². The smallest absolute Gasteiger partial charge is 0.409 e. The number of ether oxygens (including phenoxy) is 1. The zero-order chi connectivity index (χ0) is 16.8. The fourth-order valence-electron chi connectivity index (χ4n) is 2.55. The third-order valence-corrected chi connectivity index (χ3v) is 4.18. The quantitative estimate of drug-likeness (QED) is 0.834. The van der Waals surface area contributed by atoms with E-state index in [-0.39, 0.29) is 11.9 Å². The van der Waals surface area contributed by atoms with Crippen LogP contribution in [0.2, 0.25) is 5.02 Å². The first kappa shape index (κ1) is 18.0. The number of halogens is 2. The summed E-state index contributed by atoms with van der Waals surface area (Å²) < 4.78 is 19.2. The molecule has 23 heavy (non-hydrogen) atoms. The molecule has 4 nitrogen and oxygen atoms in total. The monoisotopic (exact) mass is 342 g/mol. The first-order valence-electron chi connectivity index (χ1n) is 8.04. The Hall–Kier alpha value is -1.33. The molecule has 2 rings (SSSR count). The van der Waals surface area contributed by atoms with E-state index in [1.807, 2.05) is 13.8 Å². The minimum absolute atomic E-state index is 0.260. The van der Waals surface area contributed by atoms with Gasteiger partial charge in [-0.2, -0.15) is 0 Å². The van der Waals surface area contributed by atoms with Gasteiger partial charge in [-0.3, -0.25) is 4.90 Å². The Bertz CT molecular complexity index is 519. The van der Waals surface area contributed by atoms with Crippen LogP contribution in [-0.4, -0.2) is 48.7 Å². The lowest BCUT2D eigenvalue weighted by Crippen LogP contribution is -2.36. The number of hydrogen-bond acceptors (Lipinski definition) is 3. The summed E-state index contributed by atoms with van der Waals surface area (Å²) in [4.78, 5) is 15.9. The Balaban J connectivity index is 1.90. The van der Waals surface area contributed by atoms with Gasteiger partial charge in [0.25, 0.3) is 0 Å². The number of rotatable bonds is 4. The van der Waals surface area contributed by atoms with Crippen LogP contribution in [0.1, 0.15) is 25.8 Å². The number of benzene rings is 1. The van der Waals surface area contributed by atoms with Gasteiger partial charge in [0.05, 0.1) is 6.61 Å². The third-order valence-electron chi connectivity index (χ3n) is 3.83. The van der Waals surface area contributed by atoms with Crippen LogP contribution in [0.5, 0.6) is 0 Å². The maximum absolute atomic E-state index is 13.9. The summed E-state index contributed by atoms with van der Waals surface area (Å²) in [5.41, 5.74) is 0.519. The molecule has 0 spiro atoms. The van der Waals surface area contributed by atoms with Crippen molar-refractivity contribution in [2.45, 2.75) is 26.8 Å². The number of nitrogens with zero attached hydrogens (tertiary/aromatic N) is 2. The molecule has 0 radical (unpaired) electrons. The zero-order valence-corrected chi connectivity index (χ0v) is 14.5. The summed E-state index contributed by atoms with van der Waals surface area (Å²) in [6, 6.07) is 4.73. The molecule has 0 bridgehead atoms. The van der Waals surface area contributed by atoms with Crippen LogP contribution in [0.25, 0.3) is 0 Å². The van der Waals surface area contributed by atoms with E-state index in [4.69, 9.17) is 16.3 Å². The molecule has 0 aliphatic carbocycles. The number of carbonyl (C=O) groups excluding carboxylic acids is 1. The molecular weight excluding hydrogens is 319 g/mol. The molecule has 0 N–H and O–H groups in total. The summed E-state index contributed by atoms with van der Waals surface area (Å²) in [6.45, 7) is 7.65. The average molecular weight is 343 g/mol. The SMILES string of the molecule is CC(C)COC(=O)N1CCCN(Cc2c(F)cccc2Cl)CC1. The van der Waals surface area contributed by atoms with Gasteiger partial charge in [0.1, 0.15) is 5.82 Å². The van der Waals surface area contributed by atoms with Crippen molar-refractivity contribution in [1.29, 1.82) is 0 Å². The molecule has 0 unspecified atom stereocenters. The van der Waals surface area contributed by atoms with Crippen LogP contribution < -0.4 is 0 Å². The van der Waals surface area contributed by atoms with E-state index in [9.17, 15) is 9.18 Å². The van der Waals surface area contributed by atoms with Gasteiger partial charge in [-0.15, -0.1) is 0 Å². The standard InChI is InChI=1S/C17H24ClFN2O2/c1-13(2)12-23-17(22)21-8-4-7-20(9-10-21)11-14-15(18)5-3-6-16(14)19/h3,5-6,13H,4,7-12H2,1-2H3. The highest BCUT2D eigenvalue weighted by molar-refractivity contribution is 6.31. The summed E-state index contributed by atoms with van der Waals surface area (Å²) in [5, 5.41) is 0.447. The molecule has 128 valence electrons. The summed E-state index contributed by atoms with van der Waals surface area (Å²) >= 11 is 6.09. The topological polar surface area (TPSA) is 32.8 Å². The normalized spacial score (nSPS) is 16.5. The Morgan fingerprint density at radius 3 is 2.78 bits per heavy atom. The third kappa shape index (κ3) is 5.36. The van der Waals surface area contributed by atoms with Crippen LogP contribution in [-0.2, 0) is 11.3 Å². The predicted octanol–water partition coefficient (Wildman–Crippen LogP) is 3.78. The minimum Gasteiger partial charge on any atom is -0.449 e. The van der Waals surface area contributed by atoms with E-state index in [0.717, 1.165) is 13.0 Å². The van der Waals surface area contributed by atoms with E-state index >= 15 is 0 Å². The van der Waals surface area contributed by atoms with E-state index in [1.54, 1.807) is 17.0 Å². The van der Waals surface area contributed by atoms with Crippen LogP contribution in [0, 0.1) is 11.7 Å². The van der Waals surface area contributed by atoms with Gasteiger partial charge in [0.15, 0.2) is 0 Å². The Morgan fingerprint density at radius 2 is 2.09 bits per heavy atom. The van der Waals surface area contributed by atoms with Gasteiger partial charge < -0.3 is 9.64 Å². The van der Waals surface area contributed by atoms with E-state index in [1.165, 1.54) is 6.07 Å². The molecule has 6 heteroatoms. The van der Waals surface area contributed by atoms with Gasteiger partial charge in [0, 0.05) is 43.3 Å². The molecule has 1 heterocycles. The van der Waals surface area contributed by atoms with Crippen molar-refractivity contribution >= 4 is 17.7 Å². The highest BCUT2D eigenvalue weighted by atomic mass is 35.5. The van der Waals surface area contributed by atoms with Crippen molar-refractivity contribution in [3.05, 3.63) is 34.6 Å². The maximum Gasteiger partial charge on any atom is 0.409 e. The predicted molar refractivity (Wildman–Crippen MR) is 89.1 cm³/mol. The second-order valence-electron chi connectivity index (χ2n) is 6.29. The average Bonchev–Trinajstić information content (AvgIpc) is 2.74. The van der Waals surface area contributed by atoms with Crippen molar-refractivity contribution in [2.75, 3.05) is 32.8 Å². The summed E-state index contributed by atoms with van der Waals surface area (Å²) in [5.74, 6) is 0.0422. The number of amides is 1. The second-order valence-corrected chi connectivity index (χ2v) is 6.69. The fourth-order valence-corrected chi connectivity index (χ4v) is 2.77. The molecule has 0 saturated carbocycles. The number of carbonyl (C=O) groups is 1. The highest BCUT2D eigenvalue weighted by Crippen LogP contribution is 2.21. The molecule has 0 aromatic heterocycles. The fraction of sp³-hybridized carbons (Fsp3) is 0.588. The van der Waals surface area contributed by atoms with Crippen molar-refractivity contribution in [3.8, 4) is 0 Å². The Labute approximate surface area is 142 Å². The van der Waals surface area contributed by atoms with Crippen molar-refractivity contribution in [3.63, 3.8) is 0 Å². The van der Waals surface area contributed by atoms with Gasteiger partial charge in [-0.05, 0) is 24.5 Å². The highest BCUT2D eigenvalue weighted by Gasteiger charge is 2.21. The largest absolute Gasteiger partial charge is 0.449 e. The van der Waals surface area contributed by atoms with Crippen molar-refractivity contribution in [2.24, 2.45) is 5.92 Å². The molecule has 0 atom stereocenters. The molecule has 1 aliphatic rings. The minimum atomic E-state index is -0.282. The van der Waals surface area contributed by atoms with E-state index < -0.39 is 0 Å². The zero-order valence-electron chi connectivity index (χ0n) is 13.7. The van der Waals surface area contributed by atoms with Crippen molar-refractivity contribution < 1.29 is 13.9 Å². The first-order chi connectivity index (χ1) is 11.0.